The fourth-order valence-electron chi connectivity index (χ4n) is 7.17. The Morgan fingerprint density at radius 2 is 1.27 bits per heavy atom. The number of nitrogens with one attached hydrogen (secondary N) is 1. The average Bonchev–Trinajstić information content (AvgIpc) is 3.04. The molecule has 3 rings (SSSR count). The third kappa shape index (κ3) is 20.3. The lowest BCUT2D eigenvalue weighted by molar-refractivity contribution is -0.942. The first kappa shape index (κ1) is 40.5. The number of amides is 1. The highest BCUT2D eigenvalue weighted by Gasteiger charge is 2.39. The molecule has 0 aliphatic carbocycles. The average molecular weight is 660 g/mol. The van der Waals surface area contributed by atoms with Crippen LogP contribution in [-0.4, -0.2) is 68.0 Å². The van der Waals surface area contributed by atoms with Crippen LogP contribution in [-0.2, 0) is 18.3 Å². The standard InChI is InChI=1S/C36H71N2O6P/c1-3-5-6-7-8-9-10-11-12-13-14-15-16-17-18-19-26-37-36(39)42-32-35(22-4-2)33-44-45(40,41)43-31-21-20-27-38-28-23-34(24-29-38)25-30-38/h34-35H,3-33H2,1-2H3,(H-,37,39,40,41)/p+1. The van der Waals surface area contributed by atoms with E-state index in [9.17, 15) is 14.3 Å². The molecule has 2 atom stereocenters. The van der Waals surface area contributed by atoms with Crippen LogP contribution < -0.4 is 5.32 Å². The lowest BCUT2D eigenvalue weighted by Crippen LogP contribution is -2.58. The summed E-state index contributed by atoms with van der Waals surface area (Å²) in [5.41, 5.74) is 0. The van der Waals surface area contributed by atoms with Crippen molar-refractivity contribution in [3.8, 4) is 0 Å². The number of hydrogen-bond donors (Lipinski definition) is 2. The molecule has 3 aliphatic rings. The molecule has 1 amide bonds. The number of fused-ring (bicyclic) bond motifs is 3. The van der Waals surface area contributed by atoms with Crippen LogP contribution in [0.2, 0.25) is 0 Å². The molecule has 266 valence electrons. The van der Waals surface area contributed by atoms with Crippen LogP contribution in [0.4, 0.5) is 4.79 Å². The smallest absolute Gasteiger partial charge is 0.449 e. The van der Waals surface area contributed by atoms with E-state index in [1.54, 1.807) is 0 Å². The quantitative estimate of drug-likeness (QED) is 0.0453. The van der Waals surface area contributed by atoms with E-state index in [1.807, 2.05) is 6.92 Å². The van der Waals surface area contributed by atoms with Crippen molar-refractivity contribution in [2.24, 2.45) is 11.8 Å². The molecule has 2 N–H and O–H groups in total. The van der Waals surface area contributed by atoms with Gasteiger partial charge in [-0.3, -0.25) is 9.05 Å². The Hall–Kier alpha value is -0.660. The summed E-state index contributed by atoms with van der Waals surface area (Å²) in [5, 5.41) is 2.84. The van der Waals surface area contributed by atoms with E-state index in [4.69, 9.17) is 13.8 Å². The molecule has 45 heavy (non-hydrogen) atoms. The minimum absolute atomic E-state index is 0.0369. The molecule has 3 fully saturated rings. The maximum Gasteiger partial charge on any atom is 0.472 e. The second-order valence-corrected chi connectivity index (χ2v) is 15.7. The molecular weight excluding hydrogens is 587 g/mol. The van der Waals surface area contributed by atoms with Crippen LogP contribution in [0, 0.1) is 11.8 Å². The molecule has 0 aromatic carbocycles. The number of phosphoric ester groups is 1. The third-order valence-electron chi connectivity index (χ3n) is 10.2. The Bertz CT molecular complexity index is 763. The largest absolute Gasteiger partial charge is 0.472 e. The number of alkyl carbamates (subject to hydrolysis) is 1. The monoisotopic (exact) mass is 660 g/mol. The molecule has 0 aromatic heterocycles. The van der Waals surface area contributed by atoms with E-state index < -0.39 is 13.9 Å². The summed E-state index contributed by atoms with van der Waals surface area (Å²) >= 11 is 0. The summed E-state index contributed by atoms with van der Waals surface area (Å²) in [6.45, 7) is 10.4. The van der Waals surface area contributed by atoms with Crippen molar-refractivity contribution in [2.75, 3.05) is 52.5 Å². The van der Waals surface area contributed by atoms with Crippen LogP contribution in [0.25, 0.3) is 0 Å². The van der Waals surface area contributed by atoms with Crippen LogP contribution in [0.3, 0.4) is 0 Å². The first-order chi connectivity index (χ1) is 21.9. The Kier molecular flexibility index (Phi) is 22.8. The molecule has 2 unspecified atom stereocenters. The Labute approximate surface area is 277 Å². The van der Waals surface area contributed by atoms with E-state index >= 15 is 0 Å². The fraction of sp³-hybridized carbons (Fsp3) is 0.972. The molecule has 3 heterocycles. The number of hydrogen-bond acceptors (Lipinski definition) is 5. The van der Waals surface area contributed by atoms with Gasteiger partial charge in [0.15, 0.2) is 0 Å². The van der Waals surface area contributed by atoms with Crippen LogP contribution >= 0.6 is 7.82 Å². The van der Waals surface area contributed by atoms with Crippen molar-refractivity contribution in [2.45, 2.75) is 162 Å². The van der Waals surface area contributed by atoms with Gasteiger partial charge < -0.3 is 19.4 Å². The van der Waals surface area contributed by atoms with Crippen molar-refractivity contribution < 1.29 is 32.5 Å². The predicted molar refractivity (Wildman–Crippen MR) is 185 cm³/mol. The second-order valence-electron chi connectivity index (χ2n) is 14.3. The van der Waals surface area contributed by atoms with Gasteiger partial charge in [-0.25, -0.2) is 9.36 Å². The van der Waals surface area contributed by atoms with Gasteiger partial charge in [0.25, 0.3) is 0 Å². The number of carbonyl (C=O) groups excluding carboxylic acids is 1. The Morgan fingerprint density at radius 1 is 0.733 bits per heavy atom. The first-order valence-corrected chi connectivity index (χ1v) is 20.7. The van der Waals surface area contributed by atoms with Gasteiger partial charge in [0.05, 0.1) is 46.0 Å². The molecule has 0 spiro atoms. The highest BCUT2D eigenvalue weighted by molar-refractivity contribution is 7.47. The van der Waals surface area contributed by atoms with Gasteiger partial charge >= 0.3 is 13.9 Å². The molecule has 0 aromatic rings. The van der Waals surface area contributed by atoms with Gasteiger partial charge in [0.1, 0.15) is 0 Å². The molecular formula is C36H72N2O6P+. The van der Waals surface area contributed by atoms with Crippen molar-refractivity contribution in [1.82, 2.24) is 5.32 Å². The van der Waals surface area contributed by atoms with Crippen molar-refractivity contribution >= 4 is 13.9 Å². The molecule has 3 aliphatic heterocycles. The number of carbonyl (C=O) groups is 1. The lowest BCUT2D eigenvalue weighted by Gasteiger charge is -2.49. The maximum atomic E-state index is 12.4. The molecule has 0 saturated carbocycles. The van der Waals surface area contributed by atoms with Gasteiger partial charge in [-0.05, 0) is 50.9 Å². The lowest BCUT2D eigenvalue weighted by atomic mass is 9.85. The number of nitrogens with zero attached hydrogens (tertiary/aromatic N) is 1. The summed E-state index contributed by atoms with van der Waals surface area (Å²) in [7, 11) is -4.12. The predicted octanol–water partition coefficient (Wildman–Crippen LogP) is 9.93. The topological polar surface area (TPSA) is 94.1 Å². The minimum Gasteiger partial charge on any atom is -0.449 e. The number of unbranched alkanes of at least 4 members (excludes halogenated alkanes) is 16. The Balaban J connectivity index is 1.39. The summed E-state index contributed by atoms with van der Waals surface area (Å²) in [6.07, 6.45) is 28.3. The van der Waals surface area contributed by atoms with Gasteiger partial charge in [-0.2, -0.15) is 0 Å². The zero-order valence-corrected chi connectivity index (χ0v) is 30.4. The molecule has 9 heteroatoms. The van der Waals surface area contributed by atoms with Gasteiger partial charge in [-0.15, -0.1) is 0 Å². The maximum absolute atomic E-state index is 12.4. The van der Waals surface area contributed by atoms with Gasteiger partial charge in [0.2, 0.25) is 0 Å². The fourth-order valence-corrected chi connectivity index (χ4v) is 8.00. The van der Waals surface area contributed by atoms with E-state index in [0.717, 1.165) is 51.0 Å². The van der Waals surface area contributed by atoms with Gasteiger partial charge in [0, 0.05) is 12.5 Å². The highest BCUT2D eigenvalue weighted by atomic mass is 31.2. The number of phosphoric acid groups is 1. The normalized spacial score (nSPS) is 21.4. The Morgan fingerprint density at radius 3 is 1.80 bits per heavy atom. The number of rotatable bonds is 30. The number of piperidine rings is 3. The summed E-state index contributed by atoms with van der Waals surface area (Å²) in [6, 6.07) is 0. The van der Waals surface area contributed by atoms with Crippen LogP contribution in [0.15, 0.2) is 0 Å². The number of quaternary nitrogens is 1. The van der Waals surface area contributed by atoms with Gasteiger partial charge in [-0.1, -0.05) is 117 Å². The molecule has 0 radical (unpaired) electrons. The SMILES string of the molecule is CCCCCCCCCCCCCCCCCCNC(=O)OCC(CCC)COP(=O)(O)OCCCC[N+]12CCC(CC1)CC2. The third-order valence-corrected chi connectivity index (χ3v) is 11.2. The van der Waals surface area contributed by atoms with Crippen molar-refractivity contribution in [3.05, 3.63) is 0 Å². The van der Waals surface area contributed by atoms with Crippen molar-refractivity contribution in [1.29, 1.82) is 0 Å². The second kappa shape index (κ2) is 25.4. The van der Waals surface area contributed by atoms with E-state index in [0.29, 0.717) is 6.54 Å². The minimum atomic E-state index is -4.12. The zero-order chi connectivity index (χ0) is 32.5. The molecule has 3 saturated heterocycles. The summed E-state index contributed by atoms with van der Waals surface area (Å²) < 4.78 is 29.6. The van der Waals surface area contributed by atoms with E-state index in [1.165, 1.54) is 133 Å². The van der Waals surface area contributed by atoms with E-state index in [-0.39, 0.29) is 25.7 Å². The van der Waals surface area contributed by atoms with Crippen LogP contribution in [0.5, 0.6) is 0 Å². The zero-order valence-electron chi connectivity index (χ0n) is 29.5. The summed E-state index contributed by atoms with van der Waals surface area (Å²) in [4.78, 5) is 22.3. The van der Waals surface area contributed by atoms with Crippen LogP contribution in [0.1, 0.15) is 162 Å². The molecule has 2 bridgehead atoms. The highest BCUT2D eigenvalue weighted by Crippen LogP contribution is 2.44. The van der Waals surface area contributed by atoms with E-state index in [2.05, 4.69) is 12.2 Å². The molecule has 8 nitrogen and oxygen atoms in total. The first-order valence-electron chi connectivity index (χ1n) is 19.3. The number of ether oxygens (including phenoxy) is 1. The summed E-state index contributed by atoms with van der Waals surface area (Å²) in [5.74, 6) is 0.814. The van der Waals surface area contributed by atoms with Crippen molar-refractivity contribution in [3.63, 3.8) is 0 Å².